The van der Waals surface area contributed by atoms with Gasteiger partial charge in [0.25, 0.3) is 0 Å². The number of anilines is 1. The van der Waals surface area contributed by atoms with Crippen LogP contribution in [-0.4, -0.2) is 15.9 Å². The molecule has 0 spiro atoms. The third kappa shape index (κ3) is 4.82. The van der Waals surface area contributed by atoms with E-state index in [9.17, 15) is 4.79 Å². The molecule has 1 N–H and O–H groups in total. The molecule has 6 heteroatoms. The monoisotopic (exact) mass is 365 g/mol. The Bertz CT molecular complexity index is 644. The Morgan fingerprint density at radius 3 is 2.48 bits per heavy atom. The molecule has 0 saturated heterocycles. The van der Waals surface area contributed by atoms with Gasteiger partial charge in [-0.25, -0.2) is 9.97 Å². The van der Waals surface area contributed by atoms with Gasteiger partial charge in [0.05, 0.1) is 0 Å². The molecule has 1 aromatic heterocycles. The molecule has 2 aromatic rings. The predicted molar refractivity (Wildman–Crippen MR) is 88.7 cm³/mol. The fraction of sp³-hybridized carbons (Fsp3) is 0.267. The second-order valence-electron chi connectivity index (χ2n) is 4.85. The van der Waals surface area contributed by atoms with Crippen LogP contribution in [0.4, 0.5) is 5.69 Å². The van der Waals surface area contributed by atoms with Gasteiger partial charge in [-0.05, 0) is 40.2 Å². The fourth-order valence-electron chi connectivity index (χ4n) is 1.65. The SMILES string of the molecule is CC(=O)Nc1ccc(Sc2cc(Br)nc(C(C)C)n2)cc1. The summed E-state index contributed by atoms with van der Waals surface area (Å²) < 4.78 is 0.790. The van der Waals surface area contributed by atoms with Crippen molar-refractivity contribution in [1.29, 1.82) is 0 Å². The molecule has 0 aliphatic heterocycles. The van der Waals surface area contributed by atoms with Crippen LogP contribution in [0.5, 0.6) is 0 Å². The third-order valence-corrected chi connectivity index (χ3v) is 3.93. The number of nitrogens with one attached hydrogen (secondary N) is 1. The summed E-state index contributed by atoms with van der Waals surface area (Å²) in [5, 5.41) is 3.64. The normalized spacial score (nSPS) is 10.7. The fourth-order valence-corrected chi connectivity index (χ4v) is 3.03. The van der Waals surface area contributed by atoms with Crippen LogP contribution < -0.4 is 5.32 Å². The highest BCUT2D eigenvalue weighted by Crippen LogP contribution is 2.29. The quantitative estimate of drug-likeness (QED) is 0.811. The average Bonchev–Trinajstić information content (AvgIpc) is 2.39. The number of hydrogen-bond acceptors (Lipinski definition) is 4. The van der Waals surface area contributed by atoms with Crippen molar-refractivity contribution in [1.82, 2.24) is 9.97 Å². The van der Waals surface area contributed by atoms with Crippen LogP contribution in [0.15, 0.2) is 44.9 Å². The highest BCUT2D eigenvalue weighted by Gasteiger charge is 2.08. The number of carbonyl (C=O) groups excluding carboxylic acids is 1. The van der Waals surface area contributed by atoms with E-state index in [1.54, 1.807) is 11.8 Å². The van der Waals surface area contributed by atoms with Gasteiger partial charge in [0.15, 0.2) is 0 Å². The number of halogens is 1. The number of rotatable bonds is 4. The van der Waals surface area contributed by atoms with E-state index in [2.05, 4.69) is 45.1 Å². The molecule has 21 heavy (non-hydrogen) atoms. The largest absolute Gasteiger partial charge is 0.326 e. The molecular weight excluding hydrogens is 350 g/mol. The van der Waals surface area contributed by atoms with Gasteiger partial charge in [0.1, 0.15) is 15.5 Å². The lowest BCUT2D eigenvalue weighted by Crippen LogP contribution is -2.05. The van der Waals surface area contributed by atoms with Gasteiger partial charge in [-0.15, -0.1) is 0 Å². The highest BCUT2D eigenvalue weighted by atomic mass is 79.9. The number of hydrogen-bond donors (Lipinski definition) is 1. The Kier molecular flexibility index (Phi) is 5.36. The summed E-state index contributed by atoms with van der Waals surface area (Å²) in [4.78, 5) is 21.0. The highest BCUT2D eigenvalue weighted by molar-refractivity contribution is 9.10. The first-order valence-corrected chi connectivity index (χ1v) is 8.15. The molecule has 4 nitrogen and oxygen atoms in total. The zero-order chi connectivity index (χ0) is 15.4. The Hall–Kier alpha value is -1.40. The van der Waals surface area contributed by atoms with Gasteiger partial charge < -0.3 is 5.32 Å². The van der Waals surface area contributed by atoms with Crippen molar-refractivity contribution in [2.45, 2.75) is 36.6 Å². The Labute approximate surface area is 136 Å². The zero-order valence-electron chi connectivity index (χ0n) is 12.1. The molecule has 0 radical (unpaired) electrons. The molecule has 0 atom stereocenters. The number of nitrogens with zero attached hydrogens (tertiary/aromatic N) is 2. The Morgan fingerprint density at radius 2 is 1.90 bits per heavy atom. The minimum absolute atomic E-state index is 0.0725. The molecule has 1 amide bonds. The zero-order valence-corrected chi connectivity index (χ0v) is 14.5. The maximum atomic E-state index is 11.0. The maximum Gasteiger partial charge on any atom is 0.221 e. The lowest BCUT2D eigenvalue weighted by Gasteiger charge is -2.08. The van der Waals surface area contributed by atoms with E-state index in [1.165, 1.54) is 6.92 Å². The smallest absolute Gasteiger partial charge is 0.221 e. The Morgan fingerprint density at radius 1 is 1.24 bits per heavy atom. The van der Waals surface area contributed by atoms with E-state index >= 15 is 0 Å². The lowest BCUT2D eigenvalue weighted by atomic mass is 10.2. The third-order valence-electron chi connectivity index (χ3n) is 2.60. The average molecular weight is 366 g/mol. The summed E-state index contributed by atoms with van der Waals surface area (Å²) >= 11 is 4.99. The van der Waals surface area contributed by atoms with Gasteiger partial charge in [-0.3, -0.25) is 4.79 Å². The van der Waals surface area contributed by atoms with Crippen molar-refractivity contribution in [3.63, 3.8) is 0 Å². The van der Waals surface area contributed by atoms with Gasteiger partial charge in [-0.1, -0.05) is 25.6 Å². The van der Waals surface area contributed by atoms with Gasteiger partial charge in [0.2, 0.25) is 5.91 Å². The molecule has 2 rings (SSSR count). The molecule has 0 aliphatic rings. The summed E-state index contributed by atoms with van der Waals surface area (Å²) in [6.45, 7) is 5.63. The summed E-state index contributed by atoms with van der Waals surface area (Å²) in [7, 11) is 0. The molecule has 0 aliphatic carbocycles. The second-order valence-corrected chi connectivity index (χ2v) is 6.76. The minimum atomic E-state index is -0.0725. The van der Waals surface area contributed by atoms with Crippen molar-refractivity contribution in [2.24, 2.45) is 0 Å². The van der Waals surface area contributed by atoms with Crippen molar-refractivity contribution < 1.29 is 4.79 Å². The van der Waals surface area contributed by atoms with Crippen LogP contribution in [0.1, 0.15) is 32.5 Å². The summed E-state index contributed by atoms with van der Waals surface area (Å²) in [6, 6.07) is 9.58. The van der Waals surface area contributed by atoms with Crippen LogP contribution >= 0.6 is 27.7 Å². The molecule has 110 valence electrons. The lowest BCUT2D eigenvalue weighted by molar-refractivity contribution is -0.114. The first-order chi connectivity index (χ1) is 9.94. The predicted octanol–water partition coefficient (Wildman–Crippen LogP) is 4.47. The van der Waals surface area contributed by atoms with E-state index in [4.69, 9.17) is 0 Å². The molecule has 1 heterocycles. The number of benzene rings is 1. The van der Waals surface area contributed by atoms with E-state index in [-0.39, 0.29) is 11.8 Å². The van der Waals surface area contributed by atoms with Crippen molar-refractivity contribution >= 4 is 39.3 Å². The number of aromatic nitrogens is 2. The first-order valence-electron chi connectivity index (χ1n) is 6.54. The summed E-state index contributed by atoms with van der Waals surface area (Å²) in [5.74, 6) is 1.03. The number of carbonyl (C=O) groups is 1. The van der Waals surface area contributed by atoms with Crippen molar-refractivity contribution in [2.75, 3.05) is 5.32 Å². The maximum absolute atomic E-state index is 11.0. The number of amides is 1. The summed E-state index contributed by atoms with van der Waals surface area (Å²) in [5.41, 5.74) is 0.790. The van der Waals surface area contributed by atoms with Crippen LogP contribution in [-0.2, 0) is 4.79 Å². The summed E-state index contributed by atoms with van der Waals surface area (Å²) in [6.07, 6.45) is 0. The molecular formula is C15H16BrN3OS. The van der Waals surface area contributed by atoms with Gasteiger partial charge in [0, 0.05) is 29.5 Å². The van der Waals surface area contributed by atoms with E-state index in [0.29, 0.717) is 0 Å². The molecule has 0 unspecified atom stereocenters. The van der Waals surface area contributed by atoms with Crippen LogP contribution in [0, 0.1) is 0 Å². The molecule has 0 bridgehead atoms. The van der Waals surface area contributed by atoms with Crippen molar-refractivity contribution in [3.8, 4) is 0 Å². The van der Waals surface area contributed by atoms with E-state index in [1.807, 2.05) is 30.3 Å². The molecule has 1 aromatic carbocycles. The van der Waals surface area contributed by atoms with Crippen LogP contribution in [0.25, 0.3) is 0 Å². The van der Waals surface area contributed by atoms with E-state index in [0.717, 1.165) is 26.0 Å². The Balaban J connectivity index is 2.16. The van der Waals surface area contributed by atoms with Gasteiger partial charge >= 0.3 is 0 Å². The van der Waals surface area contributed by atoms with Crippen LogP contribution in [0.3, 0.4) is 0 Å². The van der Waals surface area contributed by atoms with Crippen molar-refractivity contribution in [3.05, 3.63) is 40.8 Å². The molecule has 0 saturated carbocycles. The minimum Gasteiger partial charge on any atom is -0.326 e. The van der Waals surface area contributed by atoms with E-state index < -0.39 is 0 Å². The topological polar surface area (TPSA) is 54.9 Å². The van der Waals surface area contributed by atoms with Crippen LogP contribution in [0.2, 0.25) is 0 Å². The standard InChI is InChI=1S/C15H16BrN3OS/c1-9(2)15-18-13(16)8-14(19-15)21-12-6-4-11(5-7-12)17-10(3)20/h4-9H,1-3H3,(H,17,20). The molecule has 0 fully saturated rings. The first kappa shape index (κ1) is 16.0. The second kappa shape index (κ2) is 7.04. The van der Waals surface area contributed by atoms with Gasteiger partial charge in [-0.2, -0.15) is 0 Å².